The number of benzene rings is 1. The van der Waals surface area contributed by atoms with E-state index in [1.807, 2.05) is 36.0 Å². The smallest absolute Gasteiger partial charge is 0.133 e. The second-order valence-electron chi connectivity index (χ2n) is 3.91. The Kier molecular flexibility index (Phi) is 6.97. The fourth-order valence-electron chi connectivity index (χ4n) is 1.27. The lowest BCUT2D eigenvalue weighted by Crippen LogP contribution is -1.99. The molecular weight excluding hydrogens is 284 g/mol. The molecule has 1 aromatic carbocycles. The molecule has 0 saturated heterocycles. The lowest BCUT2D eigenvalue weighted by atomic mass is 10.3. The van der Waals surface area contributed by atoms with E-state index >= 15 is 0 Å². The minimum Gasteiger partial charge on any atom is -0.492 e. The first-order chi connectivity index (χ1) is 7.70. The van der Waals surface area contributed by atoms with Gasteiger partial charge in [-0.2, -0.15) is 11.8 Å². The molecule has 0 unspecified atom stereocenters. The number of unbranched alkanes of at least 4 members (excludes halogenated alkanes) is 1. The second kappa shape index (κ2) is 8.02. The van der Waals surface area contributed by atoms with Crippen molar-refractivity contribution >= 4 is 27.7 Å². The first-order valence-corrected chi connectivity index (χ1v) is 7.53. The van der Waals surface area contributed by atoms with Crippen LogP contribution in [0, 0.1) is 0 Å². The van der Waals surface area contributed by atoms with Crippen molar-refractivity contribution in [2.75, 3.05) is 12.4 Å². The van der Waals surface area contributed by atoms with Crippen molar-refractivity contribution in [1.82, 2.24) is 0 Å². The summed E-state index contributed by atoms with van der Waals surface area (Å²) in [5.74, 6) is 2.18. The minimum atomic E-state index is 0.740. The van der Waals surface area contributed by atoms with Gasteiger partial charge in [-0.3, -0.25) is 0 Å². The van der Waals surface area contributed by atoms with Crippen molar-refractivity contribution in [2.24, 2.45) is 0 Å². The van der Waals surface area contributed by atoms with Crippen LogP contribution < -0.4 is 4.74 Å². The van der Waals surface area contributed by atoms with Crippen molar-refractivity contribution in [3.63, 3.8) is 0 Å². The monoisotopic (exact) mass is 302 g/mol. The molecule has 1 aromatic rings. The molecule has 0 N–H and O–H groups in total. The molecule has 0 atom stereocenters. The Hall–Kier alpha value is -0.150. The van der Waals surface area contributed by atoms with Gasteiger partial charge in [0, 0.05) is 0 Å². The Morgan fingerprint density at radius 3 is 2.69 bits per heavy atom. The number of para-hydroxylation sites is 1. The van der Waals surface area contributed by atoms with Gasteiger partial charge in [0.05, 0.1) is 11.1 Å². The summed E-state index contributed by atoms with van der Waals surface area (Å²) in [4.78, 5) is 0. The van der Waals surface area contributed by atoms with Gasteiger partial charge < -0.3 is 4.74 Å². The van der Waals surface area contributed by atoms with Crippen LogP contribution in [0.1, 0.15) is 26.7 Å². The Morgan fingerprint density at radius 1 is 1.25 bits per heavy atom. The third kappa shape index (κ3) is 5.80. The van der Waals surface area contributed by atoms with E-state index in [2.05, 4.69) is 29.8 Å². The molecule has 0 fully saturated rings. The lowest BCUT2D eigenvalue weighted by Gasteiger charge is -2.08. The topological polar surface area (TPSA) is 9.23 Å². The number of ether oxygens (including phenoxy) is 1. The van der Waals surface area contributed by atoms with Crippen molar-refractivity contribution in [1.29, 1.82) is 0 Å². The van der Waals surface area contributed by atoms with Crippen LogP contribution in [0.3, 0.4) is 0 Å². The first-order valence-electron chi connectivity index (χ1n) is 5.69. The predicted octanol–water partition coefficient (Wildman–Crippen LogP) is 4.75. The van der Waals surface area contributed by atoms with Crippen molar-refractivity contribution in [3.05, 3.63) is 28.7 Å². The number of halogens is 1. The highest BCUT2D eigenvalue weighted by molar-refractivity contribution is 9.10. The summed E-state index contributed by atoms with van der Waals surface area (Å²) in [5, 5.41) is 0.740. The molecule has 0 heterocycles. The predicted molar refractivity (Wildman–Crippen MR) is 76.5 cm³/mol. The molecular formula is C13H19BrOS. The van der Waals surface area contributed by atoms with Crippen molar-refractivity contribution in [3.8, 4) is 5.75 Å². The van der Waals surface area contributed by atoms with Gasteiger partial charge >= 0.3 is 0 Å². The standard InChI is InChI=1S/C13H19BrOS/c1-11(2)16-10-6-5-9-15-13-8-4-3-7-12(13)14/h3-4,7-8,11H,5-6,9-10H2,1-2H3. The fraction of sp³-hybridized carbons (Fsp3) is 0.538. The van der Waals surface area contributed by atoms with Gasteiger partial charge in [-0.25, -0.2) is 0 Å². The van der Waals surface area contributed by atoms with Gasteiger partial charge in [-0.05, 0) is 51.9 Å². The Morgan fingerprint density at radius 2 is 2.00 bits per heavy atom. The summed E-state index contributed by atoms with van der Waals surface area (Å²) in [5.41, 5.74) is 0. The van der Waals surface area contributed by atoms with Crippen LogP contribution >= 0.6 is 27.7 Å². The van der Waals surface area contributed by atoms with Gasteiger partial charge in [0.1, 0.15) is 5.75 Å². The van der Waals surface area contributed by atoms with Crippen LogP contribution in [-0.4, -0.2) is 17.6 Å². The maximum atomic E-state index is 5.69. The summed E-state index contributed by atoms with van der Waals surface area (Å²) >= 11 is 5.48. The van der Waals surface area contributed by atoms with E-state index in [0.29, 0.717) is 0 Å². The van der Waals surface area contributed by atoms with Gasteiger partial charge in [0.2, 0.25) is 0 Å². The molecule has 0 bridgehead atoms. The average molecular weight is 303 g/mol. The average Bonchev–Trinajstić information content (AvgIpc) is 2.25. The van der Waals surface area contributed by atoms with E-state index in [-0.39, 0.29) is 0 Å². The largest absolute Gasteiger partial charge is 0.492 e. The molecule has 1 nitrogen and oxygen atoms in total. The van der Waals surface area contributed by atoms with E-state index in [1.54, 1.807) is 0 Å². The van der Waals surface area contributed by atoms with Crippen LogP contribution in [0.5, 0.6) is 5.75 Å². The number of rotatable bonds is 7. The molecule has 0 aromatic heterocycles. The maximum absolute atomic E-state index is 5.69. The lowest BCUT2D eigenvalue weighted by molar-refractivity contribution is 0.308. The molecule has 0 saturated carbocycles. The quantitative estimate of drug-likeness (QED) is 0.672. The molecule has 90 valence electrons. The van der Waals surface area contributed by atoms with Crippen LogP contribution in [-0.2, 0) is 0 Å². The molecule has 0 aliphatic rings. The number of hydrogen-bond donors (Lipinski definition) is 0. The summed E-state index contributed by atoms with van der Waals surface area (Å²) in [7, 11) is 0. The Labute approximate surface area is 111 Å². The first kappa shape index (κ1) is 13.9. The van der Waals surface area contributed by atoms with Gasteiger partial charge in [-0.15, -0.1) is 0 Å². The zero-order chi connectivity index (χ0) is 11.8. The zero-order valence-electron chi connectivity index (χ0n) is 9.91. The number of hydrogen-bond acceptors (Lipinski definition) is 2. The molecule has 0 aliphatic carbocycles. The highest BCUT2D eigenvalue weighted by Gasteiger charge is 1.99. The highest BCUT2D eigenvalue weighted by atomic mass is 79.9. The molecule has 0 radical (unpaired) electrons. The van der Waals surface area contributed by atoms with Crippen LogP contribution in [0.4, 0.5) is 0 Å². The van der Waals surface area contributed by atoms with Gasteiger partial charge in [0.15, 0.2) is 0 Å². The maximum Gasteiger partial charge on any atom is 0.133 e. The van der Waals surface area contributed by atoms with E-state index < -0.39 is 0 Å². The normalized spacial score (nSPS) is 10.8. The minimum absolute atomic E-state index is 0.740. The third-order valence-corrected chi connectivity index (χ3v) is 3.93. The molecule has 3 heteroatoms. The third-order valence-electron chi connectivity index (χ3n) is 2.08. The summed E-state index contributed by atoms with van der Waals surface area (Å²) in [6.07, 6.45) is 2.36. The highest BCUT2D eigenvalue weighted by Crippen LogP contribution is 2.24. The summed E-state index contributed by atoms with van der Waals surface area (Å²) in [6.45, 7) is 5.28. The van der Waals surface area contributed by atoms with E-state index in [9.17, 15) is 0 Å². The fourth-order valence-corrected chi connectivity index (χ4v) is 2.51. The van der Waals surface area contributed by atoms with Crippen LogP contribution in [0.15, 0.2) is 28.7 Å². The molecule has 0 amide bonds. The van der Waals surface area contributed by atoms with Gasteiger partial charge in [-0.1, -0.05) is 26.0 Å². The molecule has 16 heavy (non-hydrogen) atoms. The zero-order valence-corrected chi connectivity index (χ0v) is 12.3. The van der Waals surface area contributed by atoms with E-state index in [1.165, 1.54) is 12.2 Å². The Balaban J connectivity index is 2.10. The second-order valence-corrected chi connectivity index (χ2v) is 6.44. The van der Waals surface area contributed by atoms with Gasteiger partial charge in [0.25, 0.3) is 0 Å². The molecule has 0 spiro atoms. The molecule has 1 rings (SSSR count). The van der Waals surface area contributed by atoms with Crippen molar-refractivity contribution < 1.29 is 4.74 Å². The van der Waals surface area contributed by atoms with E-state index in [4.69, 9.17) is 4.74 Å². The van der Waals surface area contributed by atoms with E-state index in [0.717, 1.165) is 28.5 Å². The number of thioether (sulfide) groups is 1. The summed E-state index contributed by atoms with van der Waals surface area (Å²) < 4.78 is 6.72. The Bertz CT molecular complexity index is 302. The van der Waals surface area contributed by atoms with Crippen LogP contribution in [0.25, 0.3) is 0 Å². The summed E-state index contributed by atoms with van der Waals surface area (Å²) in [6, 6.07) is 7.99. The van der Waals surface area contributed by atoms with Crippen LogP contribution in [0.2, 0.25) is 0 Å². The van der Waals surface area contributed by atoms with Crippen molar-refractivity contribution in [2.45, 2.75) is 31.9 Å². The molecule has 0 aliphatic heterocycles. The SMILES string of the molecule is CC(C)SCCCCOc1ccccc1Br.